The van der Waals surface area contributed by atoms with Crippen molar-refractivity contribution in [3.05, 3.63) is 22.7 Å². The summed E-state index contributed by atoms with van der Waals surface area (Å²) in [5.41, 5.74) is 1.02. The van der Waals surface area contributed by atoms with E-state index in [0.717, 1.165) is 50.8 Å². The molecule has 0 radical (unpaired) electrons. The van der Waals surface area contributed by atoms with E-state index in [4.69, 9.17) is 25.8 Å². The fourth-order valence-electron chi connectivity index (χ4n) is 3.69. The number of nitrogens with zero attached hydrogens (tertiary/aromatic N) is 2. The number of ether oxygens (including phenoxy) is 3. The maximum atomic E-state index is 6.40. The summed E-state index contributed by atoms with van der Waals surface area (Å²) in [5.74, 6) is 2.66. The van der Waals surface area contributed by atoms with Crippen molar-refractivity contribution in [2.75, 3.05) is 53.1 Å². The van der Waals surface area contributed by atoms with Crippen LogP contribution in [0.15, 0.2) is 17.1 Å². The molecule has 1 aromatic rings. The first kappa shape index (κ1) is 22.0. The molecule has 0 spiro atoms. The molecule has 1 saturated heterocycles. The molecule has 1 atom stereocenters. The highest BCUT2D eigenvalue weighted by atomic mass is 35.5. The summed E-state index contributed by atoms with van der Waals surface area (Å²) in [6.07, 6.45) is 0.856. The highest BCUT2D eigenvalue weighted by molar-refractivity contribution is 6.32. The van der Waals surface area contributed by atoms with E-state index in [1.54, 1.807) is 7.05 Å². The van der Waals surface area contributed by atoms with Gasteiger partial charge >= 0.3 is 0 Å². The van der Waals surface area contributed by atoms with Crippen molar-refractivity contribution in [3.63, 3.8) is 0 Å². The molecule has 0 aliphatic carbocycles. The van der Waals surface area contributed by atoms with Crippen molar-refractivity contribution < 1.29 is 14.2 Å². The number of aliphatic imine (C=N–C) groups is 1. The molecule has 1 fully saturated rings. The second-order valence-corrected chi connectivity index (χ2v) is 8.13. The van der Waals surface area contributed by atoms with Gasteiger partial charge in [0.15, 0.2) is 17.5 Å². The molecule has 3 rings (SSSR count). The standard InChI is InChI=1S/C21H33ClN4O3/c1-15(2)18(26-5-9-27-10-6-26)14-25-21(23-3)24-13-16-11-17(22)20-19(12-16)28-7-4-8-29-20/h11-12,15,18H,4-10,13-14H2,1-3H3,(H2,23,24,25). The summed E-state index contributed by atoms with van der Waals surface area (Å²) >= 11 is 6.40. The molecule has 0 amide bonds. The molecular weight excluding hydrogens is 392 g/mol. The monoisotopic (exact) mass is 424 g/mol. The second kappa shape index (κ2) is 10.9. The third kappa shape index (κ3) is 6.14. The summed E-state index contributed by atoms with van der Waals surface area (Å²) in [6, 6.07) is 4.34. The molecule has 0 saturated carbocycles. The minimum Gasteiger partial charge on any atom is -0.489 e. The lowest BCUT2D eigenvalue weighted by Crippen LogP contribution is -2.52. The topological polar surface area (TPSA) is 67.4 Å². The third-order valence-corrected chi connectivity index (χ3v) is 5.59. The number of rotatable bonds is 6. The van der Waals surface area contributed by atoms with Crippen LogP contribution >= 0.6 is 11.6 Å². The minimum absolute atomic E-state index is 0.435. The van der Waals surface area contributed by atoms with Crippen molar-refractivity contribution >= 4 is 17.6 Å². The molecule has 1 unspecified atom stereocenters. The fourth-order valence-corrected chi connectivity index (χ4v) is 3.98. The highest BCUT2D eigenvalue weighted by Crippen LogP contribution is 2.37. The van der Waals surface area contributed by atoms with Gasteiger partial charge in [0, 0.05) is 45.7 Å². The Kier molecular flexibility index (Phi) is 8.27. The molecule has 2 heterocycles. The van der Waals surface area contributed by atoms with Gasteiger partial charge in [-0.25, -0.2) is 0 Å². The molecule has 0 bridgehead atoms. The number of morpholine rings is 1. The number of benzene rings is 1. The van der Waals surface area contributed by atoms with Gasteiger partial charge in [0.05, 0.1) is 31.5 Å². The largest absolute Gasteiger partial charge is 0.489 e. The van der Waals surface area contributed by atoms with Crippen molar-refractivity contribution in [3.8, 4) is 11.5 Å². The van der Waals surface area contributed by atoms with E-state index in [1.165, 1.54) is 0 Å². The Morgan fingerprint density at radius 1 is 1.14 bits per heavy atom. The summed E-state index contributed by atoms with van der Waals surface area (Å²) in [7, 11) is 1.79. The number of halogens is 1. The quantitative estimate of drug-likeness (QED) is 0.540. The van der Waals surface area contributed by atoms with Gasteiger partial charge in [0.1, 0.15) is 0 Å². The van der Waals surface area contributed by atoms with E-state index in [-0.39, 0.29) is 0 Å². The van der Waals surface area contributed by atoms with Crippen molar-refractivity contribution in [1.29, 1.82) is 0 Å². The first-order chi connectivity index (χ1) is 14.1. The molecule has 2 aliphatic heterocycles. The summed E-state index contributed by atoms with van der Waals surface area (Å²) in [4.78, 5) is 6.86. The number of guanidine groups is 1. The van der Waals surface area contributed by atoms with Crippen molar-refractivity contribution in [1.82, 2.24) is 15.5 Å². The normalized spacial score (nSPS) is 19.0. The van der Waals surface area contributed by atoms with E-state index in [1.807, 2.05) is 12.1 Å². The van der Waals surface area contributed by atoms with Gasteiger partial charge in [-0.05, 0) is 23.6 Å². The fraction of sp³-hybridized carbons (Fsp3) is 0.667. The molecule has 7 nitrogen and oxygen atoms in total. The van der Waals surface area contributed by atoms with Gasteiger partial charge in [0.25, 0.3) is 0 Å². The van der Waals surface area contributed by atoms with Gasteiger partial charge in [0.2, 0.25) is 0 Å². The van der Waals surface area contributed by atoms with Gasteiger partial charge < -0.3 is 24.8 Å². The van der Waals surface area contributed by atoms with E-state index >= 15 is 0 Å². The van der Waals surface area contributed by atoms with Gasteiger partial charge in [-0.3, -0.25) is 9.89 Å². The molecule has 29 heavy (non-hydrogen) atoms. The zero-order chi connectivity index (χ0) is 20.6. The molecule has 2 aliphatic rings. The zero-order valence-corrected chi connectivity index (χ0v) is 18.4. The lowest BCUT2D eigenvalue weighted by molar-refractivity contribution is 0.00752. The van der Waals surface area contributed by atoms with Gasteiger partial charge in [-0.2, -0.15) is 0 Å². The van der Waals surface area contributed by atoms with Crippen LogP contribution in [0.25, 0.3) is 0 Å². The predicted molar refractivity (Wildman–Crippen MR) is 116 cm³/mol. The predicted octanol–water partition coefficient (Wildman–Crippen LogP) is 2.52. The number of hydrogen-bond acceptors (Lipinski definition) is 5. The highest BCUT2D eigenvalue weighted by Gasteiger charge is 2.24. The maximum Gasteiger partial charge on any atom is 0.191 e. The first-order valence-corrected chi connectivity index (χ1v) is 10.8. The minimum atomic E-state index is 0.435. The summed E-state index contributed by atoms with van der Waals surface area (Å²) < 4.78 is 17.0. The van der Waals surface area contributed by atoms with E-state index < -0.39 is 0 Å². The summed E-state index contributed by atoms with van der Waals surface area (Å²) in [6.45, 7) is 10.8. The molecule has 2 N–H and O–H groups in total. The van der Waals surface area contributed by atoms with Crippen LogP contribution < -0.4 is 20.1 Å². The Bertz CT molecular complexity index is 693. The first-order valence-electron chi connectivity index (χ1n) is 10.4. The Morgan fingerprint density at radius 2 is 1.90 bits per heavy atom. The lowest BCUT2D eigenvalue weighted by atomic mass is 10.0. The lowest BCUT2D eigenvalue weighted by Gasteiger charge is -2.37. The molecule has 162 valence electrons. The SMILES string of the molecule is CN=C(NCc1cc(Cl)c2c(c1)OCCCO2)NCC(C(C)C)N1CCOCC1. The maximum absolute atomic E-state index is 6.40. The average molecular weight is 425 g/mol. The number of hydrogen-bond donors (Lipinski definition) is 2. The van der Waals surface area contributed by atoms with Crippen LogP contribution in [0.1, 0.15) is 25.8 Å². The molecular formula is C21H33ClN4O3. The summed E-state index contributed by atoms with van der Waals surface area (Å²) in [5, 5.41) is 7.43. The van der Waals surface area contributed by atoms with E-state index in [2.05, 4.69) is 34.4 Å². The van der Waals surface area contributed by atoms with Crippen molar-refractivity contribution in [2.45, 2.75) is 32.9 Å². The Labute approximate surface area is 178 Å². The number of fused-ring (bicyclic) bond motifs is 1. The van der Waals surface area contributed by atoms with Crippen LogP contribution in [0.5, 0.6) is 11.5 Å². The molecule has 1 aromatic carbocycles. The number of nitrogens with one attached hydrogen (secondary N) is 2. The van der Waals surface area contributed by atoms with Crippen LogP contribution in [0.2, 0.25) is 5.02 Å². The Balaban J connectivity index is 1.56. The Hall–Kier alpha value is -1.70. The smallest absolute Gasteiger partial charge is 0.191 e. The second-order valence-electron chi connectivity index (χ2n) is 7.72. The van der Waals surface area contributed by atoms with E-state index in [0.29, 0.717) is 48.2 Å². The van der Waals surface area contributed by atoms with Crippen LogP contribution in [0.3, 0.4) is 0 Å². The van der Waals surface area contributed by atoms with E-state index in [9.17, 15) is 0 Å². The zero-order valence-electron chi connectivity index (χ0n) is 17.7. The third-order valence-electron chi connectivity index (χ3n) is 5.31. The van der Waals surface area contributed by atoms with Crippen LogP contribution in [-0.2, 0) is 11.3 Å². The van der Waals surface area contributed by atoms with Crippen LogP contribution in [0, 0.1) is 5.92 Å². The van der Waals surface area contributed by atoms with Gasteiger partial charge in [-0.1, -0.05) is 25.4 Å². The molecule has 0 aromatic heterocycles. The Morgan fingerprint density at radius 3 is 2.62 bits per heavy atom. The molecule has 8 heteroatoms. The van der Waals surface area contributed by atoms with Crippen molar-refractivity contribution in [2.24, 2.45) is 10.9 Å². The van der Waals surface area contributed by atoms with Crippen LogP contribution in [-0.4, -0.2) is 70.0 Å². The van der Waals surface area contributed by atoms with Crippen LogP contribution in [0.4, 0.5) is 0 Å². The van der Waals surface area contributed by atoms with Gasteiger partial charge in [-0.15, -0.1) is 0 Å². The average Bonchev–Trinajstić information content (AvgIpc) is 2.97.